The zero-order valence-electron chi connectivity index (χ0n) is 13.3. The van der Waals surface area contributed by atoms with Crippen molar-refractivity contribution in [1.29, 1.82) is 0 Å². The highest BCUT2D eigenvalue weighted by atomic mass is 16.6. The van der Waals surface area contributed by atoms with E-state index >= 15 is 0 Å². The summed E-state index contributed by atoms with van der Waals surface area (Å²) in [7, 11) is 0. The first-order chi connectivity index (χ1) is 10.3. The summed E-state index contributed by atoms with van der Waals surface area (Å²) >= 11 is 0. The highest BCUT2D eigenvalue weighted by Gasteiger charge is 2.24. The number of esters is 1. The molecule has 1 atom stereocenters. The van der Waals surface area contributed by atoms with Crippen molar-refractivity contribution in [2.75, 3.05) is 0 Å². The van der Waals surface area contributed by atoms with Crippen molar-refractivity contribution in [1.82, 2.24) is 5.32 Å². The molecule has 1 rings (SSSR count). The maximum atomic E-state index is 12.1. The molecule has 1 aromatic carbocycles. The largest absolute Gasteiger partial charge is 0.459 e. The lowest BCUT2D eigenvalue weighted by Crippen LogP contribution is -2.44. The van der Waals surface area contributed by atoms with Crippen LogP contribution in [-0.4, -0.2) is 23.7 Å². The van der Waals surface area contributed by atoms with Crippen LogP contribution < -0.4 is 5.32 Å². The van der Waals surface area contributed by atoms with E-state index in [1.54, 1.807) is 26.8 Å². The monoisotopic (exact) mass is 305 g/mol. The molecule has 0 unspecified atom stereocenters. The molecular weight excluding hydrogens is 282 g/mol. The van der Waals surface area contributed by atoms with E-state index in [1.807, 2.05) is 30.3 Å². The van der Waals surface area contributed by atoms with Gasteiger partial charge in [0.15, 0.2) is 0 Å². The van der Waals surface area contributed by atoms with Crippen LogP contribution in [0.3, 0.4) is 0 Å². The zero-order valence-corrected chi connectivity index (χ0v) is 13.3. The summed E-state index contributed by atoms with van der Waals surface area (Å²) < 4.78 is 10.4. The number of ether oxygens (including phenoxy) is 2. The molecule has 0 heterocycles. The van der Waals surface area contributed by atoms with Crippen molar-refractivity contribution in [3.8, 4) is 0 Å². The molecule has 0 radical (unpaired) electrons. The Kier molecular flexibility index (Phi) is 6.63. The quantitative estimate of drug-likeness (QED) is 0.647. The number of carbonyl (C=O) groups excluding carboxylic acids is 2. The second-order valence-electron chi connectivity index (χ2n) is 5.82. The van der Waals surface area contributed by atoms with Crippen LogP contribution >= 0.6 is 0 Å². The highest BCUT2D eigenvalue weighted by molar-refractivity contribution is 5.81. The van der Waals surface area contributed by atoms with Gasteiger partial charge in [-0.1, -0.05) is 36.4 Å². The molecule has 1 aromatic rings. The van der Waals surface area contributed by atoms with Gasteiger partial charge in [-0.15, -0.1) is 6.58 Å². The van der Waals surface area contributed by atoms with Crippen molar-refractivity contribution in [3.05, 3.63) is 48.6 Å². The zero-order chi connectivity index (χ0) is 16.6. The smallest absolute Gasteiger partial charge is 0.408 e. The summed E-state index contributed by atoms with van der Waals surface area (Å²) in [6.07, 6.45) is 1.16. The van der Waals surface area contributed by atoms with Gasteiger partial charge in [0, 0.05) is 0 Å². The molecule has 1 amide bonds. The molecular formula is C17H23NO4. The van der Waals surface area contributed by atoms with Crippen molar-refractivity contribution in [2.45, 2.75) is 45.4 Å². The third kappa shape index (κ3) is 6.92. The van der Waals surface area contributed by atoms with Gasteiger partial charge in [0.2, 0.25) is 0 Å². The predicted octanol–water partition coefficient (Wildman–Crippen LogP) is 3.20. The number of hydrogen-bond donors (Lipinski definition) is 1. The average Bonchev–Trinajstić information content (AvgIpc) is 2.43. The molecule has 0 fully saturated rings. The molecule has 0 saturated carbocycles. The van der Waals surface area contributed by atoms with Gasteiger partial charge in [-0.25, -0.2) is 9.59 Å². The standard InChI is InChI=1S/C17H23NO4/c1-5-9-14(18-16(20)22-17(2,3)4)15(19)21-12-13-10-7-6-8-11-13/h5-8,10-11,14H,1,9,12H2,2-4H3,(H,18,20)/t14-/m0/s1. The molecule has 0 spiro atoms. The first kappa shape index (κ1) is 17.8. The van der Waals surface area contributed by atoms with Crippen LogP contribution in [0.25, 0.3) is 0 Å². The highest BCUT2D eigenvalue weighted by Crippen LogP contribution is 2.08. The lowest BCUT2D eigenvalue weighted by atomic mass is 10.2. The molecule has 0 aliphatic carbocycles. The summed E-state index contributed by atoms with van der Waals surface area (Å²) in [6.45, 7) is 9.00. The van der Waals surface area contributed by atoms with Gasteiger partial charge in [0.1, 0.15) is 18.2 Å². The minimum atomic E-state index is -0.809. The number of alkyl carbamates (subject to hydrolysis) is 1. The molecule has 5 nitrogen and oxygen atoms in total. The molecule has 0 aliphatic rings. The lowest BCUT2D eigenvalue weighted by Gasteiger charge is -2.22. The topological polar surface area (TPSA) is 64.6 Å². The van der Waals surface area contributed by atoms with E-state index in [1.165, 1.54) is 0 Å². The molecule has 1 N–H and O–H groups in total. The van der Waals surface area contributed by atoms with Crippen LogP contribution in [0.15, 0.2) is 43.0 Å². The SMILES string of the molecule is C=CC[C@H](NC(=O)OC(C)(C)C)C(=O)OCc1ccccc1. The fourth-order valence-electron chi connectivity index (χ4n) is 1.66. The Morgan fingerprint density at radius 2 is 1.91 bits per heavy atom. The van der Waals surface area contributed by atoms with Crippen LogP contribution in [-0.2, 0) is 20.9 Å². The molecule has 5 heteroatoms. The number of hydrogen-bond acceptors (Lipinski definition) is 4. The second-order valence-corrected chi connectivity index (χ2v) is 5.82. The van der Waals surface area contributed by atoms with Gasteiger partial charge >= 0.3 is 12.1 Å². The summed E-state index contributed by atoms with van der Waals surface area (Å²) in [6, 6.07) is 8.52. The Morgan fingerprint density at radius 1 is 1.27 bits per heavy atom. The number of benzene rings is 1. The van der Waals surface area contributed by atoms with Crippen molar-refractivity contribution < 1.29 is 19.1 Å². The number of nitrogens with one attached hydrogen (secondary N) is 1. The van der Waals surface area contributed by atoms with Crippen molar-refractivity contribution in [2.24, 2.45) is 0 Å². The van der Waals surface area contributed by atoms with Gasteiger partial charge in [-0.2, -0.15) is 0 Å². The van der Waals surface area contributed by atoms with Gasteiger partial charge in [-0.3, -0.25) is 0 Å². The fourth-order valence-corrected chi connectivity index (χ4v) is 1.66. The number of carbonyl (C=O) groups is 2. The van der Waals surface area contributed by atoms with E-state index in [4.69, 9.17) is 9.47 Å². The minimum absolute atomic E-state index is 0.156. The third-order valence-electron chi connectivity index (χ3n) is 2.60. The van der Waals surface area contributed by atoms with E-state index in [9.17, 15) is 9.59 Å². The summed E-state index contributed by atoms with van der Waals surface area (Å²) in [5.74, 6) is -0.519. The molecule has 0 aliphatic heterocycles. The minimum Gasteiger partial charge on any atom is -0.459 e. The van der Waals surface area contributed by atoms with E-state index in [0.29, 0.717) is 0 Å². The Bertz CT molecular complexity index is 505. The normalized spacial score (nSPS) is 12.1. The summed E-state index contributed by atoms with van der Waals surface area (Å²) in [4.78, 5) is 23.8. The maximum Gasteiger partial charge on any atom is 0.408 e. The van der Waals surface area contributed by atoms with Gasteiger partial charge in [-0.05, 0) is 32.8 Å². The molecule has 0 aromatic heterocycles. The first-order valence-corrected chi connectivity index (χ1v) is 7.13. The van der Waals surface area contributed by atoms with Crippen LogP contribution in [0.4, 0.5) is 4.79 Å². The maximum absolute atomic E-state index is 12.1. The van der Waals surface area contributed by atoms with Crippen LogP contribution in [0.2, 0.25) is 0 Å². The van der Waals surface area contributed by atoms with Crippen LogP contribution in [0.5, 0.6) is 0 Å². The van der Waals surface area contributed by atoms with E-state index < -0.39 is 23.7 Å². The lowest BCUT2D eigenvalue weighted by molar-refractivity contribution is -0.147. The van der Waals surface area contributed by atoms with Gasteiger partial charge in [0.25, 0.3) is 0 Å². The van der Waals surface area contributed by atoms with E-state index in [2.05, 4.69) is 11.9 Å². The average molecular weight is 305 g/mol. The fraction of sp³-hybridized carbons (Fsp3) is 0.412. The van der Waals surface area contributed by atoms with Crippen LogP contribution in [0, 0.1) is 0 Å². The van der Waals surface area contributed by atoms with E-state index in [-0.39, 0.29) is 13.0 Å². The van der Waals surface area contributed by atoms with Gasteiger partial charge < -0.3 is 14.8 Å². The Labute approximate surface area is 131 Å². The Morgan fingerprint density at radius 3 is 2.45 bits per heavy atom. The Hall–Kier alpha value is -2.30. The predicted molar refractivity (Wildman–Crippen MR) is 84.2 cm³/mol. The Balaban J connectivity index is 2.56. The molecule has 22 heavy (non-hydrogen) atoms. The van der Waals surface area contributed by atoms with Crippen molar-refractivity contribution >= 4 is 12.1 Å². The van der Waals surface area contributed by atoms with Crippen LogP contribution in [0.1, 0.15) is 32.8 Å². The summed E-state index contributed by atoms with van der Waals surface area (Å²) in [5, 5.41) is 2.50. The van der Waals surface area contributed by atoms with Crippen molar-refractivity contribution in [3.63, 3.8) is 0 Å². The summed E-state index contributed by atoms with van der Waals surface area (Å²) in [5.41, 5.74) is 0.252. The molecule has 0 bridgehead atoms. The molecule has 120 valence electrons. The second kappa shape index (κ2) is 8.22. The number of rotatable bonds is 6. The third-order valence-corrected chi connectivity index (χ3v) is 2.60. The molecule has 0 saturated heterocycles. The van der Waals surface area contributed by atoms with Gasteiger partial charge in [0.05, 0.1) is 0 Å². The first-order valence-electron chi connectivity index (χ1n) is 7.13. The number of amides is 1. The van der Waals surface area contributed by atoms with E-state index in [0.717, 1.165) is 5.56 Å².